The zero-order valence-corrected chi connectivity index (χ0v) is 12.7. The molecule has 2 saturated carbocycles. The maximum absolute atomic E-state index is 14.0. The van der Waals surface area contributed by atoms with E-state index in [1.54, 1.807) is 0 Å². The molecule has 3 heteroatoms. The molecule has 2 N–H and O–H groups in total. The second-order valence-corrected chi connectivity index (χ2v) is 6.80. The Morgan fingerprint density at radius 1 is 1.00 bits per heavy atom. The van der Waals surface area contributed by atoms with Gasteiger partial charge in [0, 0.05) is 1.43 Å². The van der Waals surface area contributed by atoms with Crippen LogP contribution in [0.5, 0.6) is 0 Å². The Kier molecular flexibility index (Phi) is 7.14. The van der Waals surface area contributed by atoms with Crippen molar-refractivity contribution in [2.75, 3.05) is 0 Å². The first kappa shape index (κ1) is 17.6. The Morgan fingerprint density at radius 3 is 2.25 bits per heavy atom. The summed E-state index contributed by atoms with van der Waals surface area (Å²) in [5.74, 6) is 1.31. The highest BCUT2D eigenvalue weighted by Crippen LogP contribution is 2.39. The van der Waals surface area contributed by atoms with Gasteiger partial charge >= 0.3 is 0 Å². The van der Waals surface area contributed by atoms with E-state index in [2.05, 4.69) is 12.7 Å². The van der Waals surface area contributed by atoms with E-state index in [0.29, 0.717) is 5.92 Å². The largest absolute Gasteiger partial charge is 0.412 e. The van der Waals surface area contributed by atoms with Gasteiger partial charge in [-0.1, -0.05) is 19.4 Å². The van der Waals surface area contributed by atoms with Crippen molar-refractivity contribution in [2.24, 2.45) is 23.7 Å². The van der Waals surface area contributed by atoms with Crippen LogP contribution in [0.25, 0.3) is 0 Å². The summed E-state index contributed by atoms with van der Waals surface area (Å²) < 4.78 is 27.7. The molecule has 0 aliphatic heterocycles. The lowest BCUT2D eigenvalue weighted by Gasteiger charge is -2.34. The molecule has 4 atom stereocenters. The maximum Gasteiger partial charge on any atom is 0.134 e. The van der Waals surface area contributed by atoms with E-state index < -0.39 is 12.3 Å². The first-order chi connectivity index (χ1) is 9.11. The Morgan fingerprint density at radius 2 is 1.65 bits per heavy atom. The number of hydrogen-bond donors (Lipinski definition) is 0. The van der Waals surface area contributed by atoms with E-state index in [0.717, 1.165) is 31.6 Å². The monoisotopic (exact) mass is 290 g/mol. The molecule has 120 valence electrons. The van der Waals surface area contributed by atoms with Crippen LogP contribution in [0, 0.1) is 23.7 Å². The number of hydrogen-bond acceptors (Lipinski definition) is 0. The van der Waals surface area contributed by atoms with Crippen molar-refractivity contribution in [3.05, 3.63) is 12.7 Å². The molecule has 1 nitrogen and oxygen atoms in total. The average molecular weight is 290 g/mol. The molecule has 0 aromatic heterocycles. The van der Waals surface area contributed by atoms with Crippen molar-refractivity contribution in [2.45, 2.75) is 70.6 Å². The van der Waals surface area contributed by atoms with Crippen LogP contribution in [0.1, 0.15) is 59.7 Å². The van der Waals surface area contributed by atoms with Crippen molar-refractivity contribution in [1.82, 2.24) is 0 Å². The molecule has 20 heavy (non-hydrogen) atoms. The number of alkyl halides is 2. The fourth-order valence-electron chi connectivity index (χ4n) is 3.84. The summed E-state index contributed by atoms with van der Waals surface area (Å²) >= 11 is 0. The number of rotatable bonds is 4. The second kappa shape index (κ2) is 8.11. The molecule has 2 aliphatic carbocycles. The summed E-state index contributed by atoms with van der Waals surface area (Å²) in [7, 11) is 0. The minimum absolute atomic E-state index is 0. The molecule has 2 rings (SSSR count). The molecular formula is C17H32F2O. The van der Waals surface area contributed by atoms with E-state index in [9.17, 15) is 8.78 Å². The van der Waals surface area contributed by atoms with E-state index >= 15 is 0 Å². The van der Waals surface area contributed by atoms with Gasteiger partial charge in [0.15, 0.2) is 0 Å². The molecule has 0 heterocycles. The van der Waals surface area contributed by atoms with Crippen LogP contribution in [0.4, 0.5) is 8.78 Å². The van der Waals surface area contributed by atoms with Crippen molar-refractivity contribution in [3.63, 3.8) is 0 Å². The van der Waals surface area contributed by atoms with Gasteiger partial charge in [-0.15, -0.1) is 6.58 Å². The fraction of sp³-hybridized carbons (Fsp3) is 0.882. The van der Waals surface area contributed by atoms with Gasteiger partial charge in [-0.2, -0.15) is 0 Å². The van der Waals surface area contributed by atoms with Gasteiger partial charge in [-0.05, 0) is 68.6 Å². The predicted molar refractivity (Wildman–Crippen MR) is 82.3 cm³/mol. The van der Waals surface area contributed by atoms with Crippen LogP contribution >= 0.6 is 0 Å². The van der Waals surface area contributed by atoms with E-state index in [1.807, 2.05) is 6.92 Å². The summed E-state index contributed by atoms with van der Waals surface area (Å²) in [4.78, 5) is 0. The fourth-order valence-corrected chi connectivity index (χ4v) is 3.84. The van der Waals surface area contributed by atoms with E-state index in [1.165, 1.54) is 25.7 Å². The van der Waals surface area contributed by atoms with Gasteiger partial charge in [0.05, 0.1) is 0 Å². The lowest BCUT2D eigenvalue weighted by Crippen LogP contribution is -2.37. The maximum atomic E-state index is 14.0. The highest BCUT2D eigenvalue weighted by molar-refractivity contribution is 4.88. The lowest BCUT2D eigenvalue weighted by atomic mass is 9.74. The van der Waals surface area contributed by atoms with Gasteiger partial charge in [0.2, 0.25) is 0 Å². The van der Waals surface area contributed by atoms with E-state index in [-0.39, 0.29) is 18.7 Å². The quantitative estimate of drug-likeness (QED) is 0.659. The normalized spacial score (nSPS) is 41.8. The second-order valence-electron chi connectivity index (χ2n) is 6.80. The van der Waals surface area contributed by atoms with E-state index in [4.69, 9.17) is 0 Å². The van der Waals surface area contributed by atoms with Crippen LogP contribution in [0.2, 0.25) is 0 Å². The molecule has 0 aromatic rings. The smallest absolute Gasteiger partial charge is 0.134 e. The summed E-state index contributed by atoms with van der Waals surface area (Å²) in [6.45, 7) is 5.70. The standard InChI is InChI=1S/C17H28F2.H2O.H2/c1-3-13-5-7-14(8-6-13)9-11-15-10-4-12(2)16(18)17(15)19;;/h3,12-17H,1,4-11H2,2H3;1H2;1H. The van der Waals surface area contributed by atoms with Gasteiger partial charge in [-0.3, -0.25) is 0 Å². The Bertz CT molecular complexity index is 293. The zero-order chi connectivity index (χ0) is 13.8. The van der Waals surface area contributed by atoms with Crippen LogP contribution in [-0.4, -0.2) is 17.8 Å². The Balaban J connectivity index is 0.00000200. The molecule has 2 fully saturated rings. The third-order valence-electron chi connectivity index (χ3n) is 5.46. The minimum Gasteiger partial charge on any atom is -0.412 e. The third-order valence-corrected chi connectivity index (χ3v) is 5.46. The van der Waals surface area contributed by atoms with Gasteiger partial charge in [0.25, 0.3) is 0 Å². The summed E-state index contributed by atoms with van der Waals surface area (Å²) in [6.07, 6.45) is 8.31. The molecule has 0 spiro atoms. The molecular weight excluding hydrogens is 258 g/mol. The summed E-state index contributed by atoms with van der Waals surface area (Å²) in [5.41, 5.74) is 0. The third kappa shape index (κ3) is 4.28. The van der Waals surface area contributed by atoms with Crippen LogP contribution < -0.4 is 0 Å². The van der Waals surface area contributed by atoms with Crippen LogP contribution in [0.3, 0.4) is 0 Å². The van der Waals surface area contributed by atoms with Crippen molar-refractivity contribution >= 4 is 0 Å². The molecule has 2 aliphatic rings. The molecule has 0 bridgehead atoms. The Labute approximate surface area is 123 Å². The SMILES string of the molecule is C=CC1CCC(CCC2CCC(C)C(F)C2F)CC1.O.[HH]. The average Bonchev–Trinajstić information content (AvgIpc) is 2.45. The van der Waals surface area contributed by atoms with Crippen LogP contribution in [-0.2, 0) is 0 Å². The molecule has 0 amide bonds. The topological polar surface area (TPSA) is 31.5 Å². The molecule has 0 aromatic carbocycles. The van der Waals surface area contributed by atoms with Gasteiger partial charge < -0.3 is 5.48 Å². The van der Waals surface area contributed by atoms with Gasteiger partial charge in [-0.25, -0.2) is 8.78 Å². The lowest BCUT2D eigenvalue weighted by molar-refractivity contribution is 0.0230. The van der Waals surface area contributed by atoms with Crippen molar-refractivity contribution < 1.29 is 15.7 Å². The molecule has 0 saturated heterocycles. The first-order valence-corrected chi connectivity index (χ1v) is 8.02. The summed E-state index contributed by atoms with van der Waals surface area (Å²) in [5, 5.41) is 0. The number of halogens is 2. The zero-order valence-electron chi connectivity index (χ0n) is 12.7. The molecule has 0 radical (unpaired) electrons. The van der Waals surface area contributed by atoms with Crippen molar-refractivity contribution in [3.8, 4) is 0 Å². The minimum atomic E-state index is -1.23. The summed E-state index contributed by atoms with van der Waals surface area (Å²) in [6, 6.07) is 0. The predicted octanol–water partition coefficient (Wildman–Crippen LogP) is 4.90. The van der Waals surface area contributed by atoms with Crippen LogP contribution in [0.15, 0.2) is 12.7 Å². The highest BCUT2D eigenvalue weighted by Gasteiger charge is 2.38. The first-order valence-electron chi connectivity index (χ1n) is 8.02. The number of allylic oxidation sites excluding steroid dienone is 1. The van der Waals surface area contributed by atoms with Gasteiger partial charge in [0.1, 0.15) is 12.3 Å². The molecule has 4 unspecified atom stereocenters. The Hall–Kier alpha value is -0.440. The highest BCUT2D eigenvalue weighted by atomic mass is 19.2. The van der Waals surface area contributed by atoms with Crippen molar-refractivity contribution in [1.29, 1.82) is 0 Å².